The number of aromatic nitrogens is 2. The quantitative estimate of drug-likeness (QED) is 0.385. The Morgan fingerprint density at radius 3 is 1.74 bits per heavy atom. The number of rotatable bonds is 0. The van der Waals surface area contributed by atoms with E-state index in [4.69, 9.17) is 4.74 Å². The van der Waals surface area contributed by atoms with Crippen molar-refractivity contribution in [2.75, 3.05) is 13.2 Å². The maximum atomic E-state index is 13.1. The molecule has 2 amide bonds. The third kappa shape index (κ3) is 1.68. The summed E-state index contributed by atoms with van der Waals surface area (Å²) < 4.78 is 10.6. The van der Waals surface area contributed by atoms with E-state index < -0.39 is 0 Å². The zero-order chi connectivity index (χ0) is 20.4. The molecule has 0 spiro atoms. The molecule has 150 valence electrons. The van der Waals surface area contributed by atoms with E-state index in [9.17, 15) is 9.59 Å². The number of carbonyl (C=O) groups is 2. The average Bonchev–Trinajstić information content (AvgIpc) is 3.38. The summed E-state index contributed by atoms with van der Waals surface area (Å²) in [5.74, 6) is -0.642. The number of nitrogens with zero attached hydrogens (tertiary/aromatic N) is 2. The number of imide groups is 1. The van der Waals surface area contributed by atoms with Gasteiger partial charge in [-0.3, -0.25) is 20.2 Å². The van der Waals surface area contributed by atoms with Crippen molar-refractivity contribution < 1.29 is 14.3 Å². The van der Waals surface area contributed by atoms with E-state index in [0.717, 1.165) is 43.6 Å². The molecule has 0 radical (unpaired) electrons. The van der Waals surface area contributed by atoms with E-state index in [-0.39, 0.29) is 24.1 Å². The van der Waals surface area contributed by atoms with Gasteiger partial charge in [-0.2, -0.15) is 0 Å². The van der Waals surface area contributed by atoms with Gasteiger partial charge in [0.15, 0.2) is 0 Å². The molecule has 1 fully saturated rings. The van der Waals surface area contributed by atoms with Crippen molar-refractivity contribution in [2.45, 2.75) is 12.3 Å². The second kappa shape index (κ2) is 5.14. The first-order valence-corrected chi connectivity index (χ1v) is 10.4. The van der Waals surface area contributed by atoms with Gasteiger partial charge < -0.3 is 13.9 Å². The number of hydrogen-bond donors (Lipinski definition) is 2. The summed E-state index contributed by atoms with van der Waals surface area (Å²) in [7, 11) is 0. The van der Waals surface area contributed by atoms with Crippen molar-refractivity contribution in [1.82, 2.24) is 19.8 Å². The largest absolute Gasteiger partial charge is 0.374 e. The van der Waals surface area contributed by atoms with Gasteiger partial charge in [0.2, 0.25) is 0 Å². The van der Waals surface area contributed by atoms with Gasteiger partial charge >= 0.3 is 0 Å². The predicted octanol–water partition coefficient (Wildman–Crippen LogP) is 3.42. The van der Waals surface area contributed by atoms with Gasteiger partial charge in [0.1, 0.15) is 12.3 Å². The van der Waals surface area contributed by atoms with Crippen LogP contribution in [0, 0.1) is 0 Å². The number of fused-ring (bicyclic) bond motifs is 13. The number of nitrogens with one attached hydrogen (secondary N) is 2. The summed E-state index contributed by atoms with van der Waals surface area (Å²) in [5.41, 5.74) is 5.01. The molecule has 0 unspecified atom stereocenters. The highest BCUT2D eigenvalue weighted by Gasteiger charge is 2.40. The Kier molecular flexibility index (Phi) is 2.66. The van der Waals surface area contributed by atoms with Gasteiger partial charge in [-0.15, -0.1) is 0 Å². The Labute approximate surface area is 175 Å². The highest BCUT2D eigenvalue weighted by Crippen LogP contribution is 2.48. The van der Waals surface area contributed by atoms with Crippen LogP contribution in [0.2, 0.25) is 0 Å². The summed E-state index contributed by atoms with van der Waals surface area (Å²) >= 11 is 0. The molecule has 0 saturated carbocycles. The van der Waals surface area contributed by atoms with E-state index in [1.165, 1.54) is 0 Å². The molecular formula is C24H16N4O3. The Bertz CT molecular complexity index is 1550. The third-order valence-corrected chi connectivity index (χ3v) is 7.04. The van der Waals surface area contributed by atoms with Crippen LogP contribution >= 0.6 is 0 Å². The topological polar surface area (TPSA) is 77.3 Å². The van der Waals surface area contributed by atoms with E-state index >= 15 is 0 Å². The summed E-state index contributed by atoms with van der Waals surface area (Å²) in [5, 5.41) is 9.96. The Balaban J connectivity index is 1.81. The van der Waals surface area contributed by atoms with Crippen LogP contribution in [0.15, 0.2) is 48.5 Å². The molecule has 8 rings (SSSR count). The summed E-state index contributed by atoms with van der Waals surface area (Å²) in [6.07, 6.45) is -0.137. The van der Waals surface area contributed by atoms with Crippen molar-refractivity contribution in [2.24, 2.45) is 0 Å². The molecule has 5 aromatic rings. The Morgan fingerprint density at radius 2 is 1.23 bits per heavy atom. The number of para-hydroxylation sites is 2. The molecular weight excluding hydrogens is 392 g/mol. The summed E-state index contributed by atoms with van der Waals surface area (Å²) in [6.45, 7) is 1.08. The van der Waals surface area contributed by atoms with E-state index in [2.05, 4.69) is 31.9 Å². The molecule has 3 aliphatic rings. The van der Waals surface area contributed by atoms with E-state index in [1.54, 1.807) is 0 Å². The van der Waals surface area contributed by atoms with Crippen LogP contribution < -0.4 is 10.6 Å². The van der Waals surface area contributed by atoms with Crippen LogP contribution in [-0.2, 0) is 4.74 Å². The highest BCUT2D eigenvalue weighted by molar-refractivity contribution is 6.39. The van der Waals surface area contributed by atoms with E-state index in [0.29, 0.717) is 24.3 Å². The van der Waals surface area contributed by atoms with Gasteiger partial charge in [0.25, 0.3) is 11.8 Å². The zero-order valence-corrected chi connectivity index (χ0v) is 16.3. The van der Waals surface area contributed by atoms with Crippen molar-refractivity contribution >= 4 is 55.4 Å². The molecule has 2 N–H and O–H groups in total. The van der Waals surface area contributed by atoms with Crippen LogP contribution in [0.5, 0.6) is 0 Å². The first kappa shape index (κ1) is 16.1. The van der Waals surface area contributed by atoms with E-state index in [1.807, 2.05) is 36.4 Å². The average molecular weight is 408 g/mol. The lowest BCUT2D eigenvalue weighted by Crippen LogP contribution is -2.42. The molecule has 7 heteroatoms. The van der Waals surface area contributed by atoms with Gasteiger partial charge in [0.05, 0.1) is 46.4 Å². The number of carbonyl (C=O) groups excluding carboxylic acids is 2. The van der Waals surface area contributed by atoms with Crippen LogP contribution in [0.3, 0.4) is 0 Å². The minimum atomic E-state index is -0.321. The molecule has 2 bridgehead atoms. The van der Waals surface area contributed by atoms with Crippen molar-refractivity contribution in [3.63, 3.8) is 0 Å². The lowest BCUT2D eigenvalue weighted by Gasteiger charge is -2.32. The number of benzene rings is 3. The second-order valence-corrected chi connectivity index (χ2v) is 8.49. The SMILES string of the molecule is O=C1NC(=O)c2c1c1c3ccccc3n3c1c1c2c2ccccc2n1[C@H]1COC[C@@H]3N1. The first-order chi connectivity index (χ1) is 15.2. The fourth-order valence-corrected chi connectivity index (χ4v) is 5.99. The standard InChI is InChI=1S/C24H16N4O3/c29-23-19-17-11-5-1-3-7-13(11)27-15-9-31-10-16(25-15)28-14-8-4-2-6-12(14)18(22(28)21(17)27)20(19)24(30)26-23/h1-8,15-16,25H,9-10H2,(H,26,29,30)/t15-,16+. The summed E-state index contributed by atoms with van der Waals surface area (Å²) in [6, 6.07) is 16.2. The van der Waals surface area contributed by atoms with Crippen LogP contribution in [0.4, 0.5) is 0 Å². The van der Waals surface area contributed by atoms with Crippen LogP contribution in [0.25, 0.3) is 43.6 Å². The zero-order valence-electron chi connectivity index (χ0n) is 16.3. The third-order valence-electron chi connectivity index (χ3n) is 7.04. The molecule has 1 saturated heterocycles. The molecule has 5 heterocycles. The first-order valence-electron chi connectivity index (χ1n) is 10.4. The normalized spacial score (nSPS) is 22.1. The number of amides is 2. The molecule has 7 nitrogen and oxygen atoms in total. The summed E-state index contributed by atoms with van der Waals surface area (Å²) in [4.78, 5) is 26.1. The molecule has 2 atom stereocenters. The fourth-order valence-electron chi connectivity index (χ4n) is 5.99. The van der Waals surface area contributed by atoms with Crippen molar-refractivity contribution in [1.29, 1.82) is 0 Å². The van der Waals surface area contributed by atoms with Crippen molar-refractivity contribution in [3.8, 4) is 0 Å². The number of hydrogen-bond acceptors (Lipinski definition) is 4. The van der Waals surface area contributed by atoms with Gasteiger partial charge in [-0.05, 0) is 12.1 Å². The minimum absolute atomic E-state index is 0.0683. The Morgan fingerprint density at radius 1 is 0.742 bits per heavy atom. The molecule has 31 heavy (non-hydrogen) atoms. The van der Waals surface area contributed by atoms with Crippen LogP contribution in [0.1, 0.15) is 33.0 Å². The monoisotopic (exact) mass is 408 g/mol. The Hall–Kier alpha value is -3.68. The molecule has 2 aromatic heterocycles. The molecule has 3 aliphatic heterocycles. The van der Waals surface area contributed by atoms with Gasteiger partial charge in [-0.25, -0.2) is 0 Å². The maximum absolute atomic E-state index is 13.1. The maximum Gasteiger partial charge on any atom is 0.259 e. The van der Waals surface area contributed by atoms with Gasteiger partial charge in [0, 0.05) is 21.5 Å². The fraction of sp³-hybridized carbons (Fsp3) is 0.167. The lowest BCUT2D eigenvalue weighted by atomic mass is 9.96. The molecule has 0 aliphatic carbocycles. The number of morpholine rings is 1. The lowest BCUT2D eigenvalue weighted by molar-refractivity contribution is 0.00819. The van der Waals surface area contributed by atoms with Crippen LogP contribution in [-0.4, -0.2) is 34.2 Å². The smallest absolute Gasteiger partial charge is 0.259 e. The number of ether oxygens (including phenoxy) is 1. The van der Waals surface area contributed by atoms with Gasteiger partial charge in [-0.1, -0.05) is 36.4 Å². The minimum Gasteiger partial charge on any atom is -0.374 e. The highest BCUT2D eigenvalue weighted by atomic mass is 16.5. The second-order valence-electron chi connectivity index (χ2n) is 8.49. The molecule has 3 aromatic carbocycles. The van der Waals surface area contributed by atoms with Crippen molar-refractivity contribution in [3.05, 3.63) is 59.7 Å². The predicted molar refractivity (Wildman–Crippen MR) is 116 cm³/mol.